The minimum Gasteiger partial charge on any atom is -0.534 e. The first-order valence-corrected chi connectivity index (χ1v) is 8.10. The average Bonchev–Trinajstić information content (AvgIpc) is 2.87. The van der Waals surface area contributed by atoms with Crippen molar-refractivity contribution in [2.45, 2.75) is 53.7 Å². The van der Waals surface area contributed by atoms with E-state index in [4.69, 9.17) is 9.31 Å². The lowest BCUT2D eigenvalue weighted by Gasteiger charge is -2.18. The van der Waals surface area contributed by atoms with Crippen molar-refractivity contribution in [2.75, 3.05) is 19.6 Å². The molecule has 6 heteroatoms. The normalized spacial score (nSPS) is 17.4. The minimum absolute atomic E-state index is 0.398. The molecule has 0 N–H and O–H groups in total. The van der Waals surface area contributed by atoms with Crippen LogP contribution in [0.4, 0.5) is 0 Å². The molecule has 1 saturated heterocycles. The molecule has 1 aliphatic rings. The Morgan fingerprint density at radius 3 is 2.41 bits per heavy atom. The van der Waals surface area contributed by atoms with Crippen LogP contribution in [0.1, 0.15) is 39.1 Å². The summed E-state index contributed by atoms with van der Waals surface area (Å²) in [6, 6.07) is 0. The van der Waals surface area contributed by atoms with Crippen LogP contribution in [-0.2, 0) is 15.9 Å². The number of aromatic nitrogens is 2. The molecule has 0 unspecified atom stereocenters. The fourth-order valence-corrected chi connectivity index (χ4v) is 2.79. The molecular weight excluding hydrogens is 277 g/mol. The summed E-state index contributed by atoms with van der Waals surface area (Å²) in [7, 11) is -0.398. The van der Waals surface area contributed by atoms with Gasteiger partial charge in [0.05, 0.1) is 18.0 Å². The molecule has 0 spiro atoms. The standard InChI is InChI=1S/C16H28BN3O2/c1-8-19(9-2)10-11-20-13(4)15(12(3)18-20)17-21-14(5)16(6,7)22-17/h5,8-11H2,1-4,6-7H3. The van der Waals surface area contributed by atoms with Crippen molar-refractivity contribution in [1.82, 2.24) is 14.7 Å². The Balaban J connectivity index is 2.16. The Kier molecular flexibility index (Phi) is 5.02. The van der Waals surface area contributed by atoms with E-state index in [1.54, 1.807) is 0 Å². The van der Waals surface area contributed by atoms with Gasteiger partial charge in [0.2, 0.25) is 0 Å². The van der Waals surface area contributed by atoms with Crippen LogP contribution < -0.4 is 5.46 Å². The second kappa shape index (κ2) is 6.46. The summed E-state index contributed by atoms with van der Waals surface area (Å²) in [6.07, 6.45) is 0. The molecule has 22 heavy (non-hydrogen) atoms. The predicted molar refractivity (Wildman–Crippen MR) is 90.3 cm³/mol. The lowest BCUT2D eigenvalue weighted by Crippen LogP contribution is -2.37. The second-order valence-electron chi connectivity index (χ2n) is 6.34. The number of aryl methyl sites for hydroxylation is 1. The SMILES string of the molecule is C=C1OB(c2c(C)nn(CCN(CC)CC)c2C)OC1(C)C. The van der Waals surface area contributed by atoms with Crippen molar-refractivity contribution < 1.29 is 9.31 Å². The third-order valence-electron chi connectivity index (χ3n) is 4.52. The van der Waals surface area contributed by atoms with E-state index >= 15 is 0 Å². The predicted octanol–water partition coefficient (Wildman–Crippen LogP) is 1.88. The van der Waals surface area contributed by atoms with Crippen LogP contribution in [0.15, 0.2) is 12.3 Å². The molecule has 1 fully saturated rings. The number of nitrogens with zero attached hydrogens (tertiary/aromatic N) is 3. The highest BCUT2D eigenvalue weighted by Crippen LogP contribution is 2.29. The molecule has 2 rings (SSSR count). The van der Waals surface area contributed by atoms with E-state index in [0.717, 1.165) is 43.0 Å². The maximum atomic E-state index is 6.00. The van der Waals surface area contributed by atoms with E-state index in [1.165, 1.54) is 0 Å². The largest absolute Gasteiger partial charge is 0.567 e. The zero-order valence-corrected chi connectivity index (χ0v) is 14.8. The Morgan fingerprint density at radius 2 is 1.91 bits per heavy atom. The molecule has 5 nitrogen and oxygen atoms in total. The molecular formula is C16H28BN3O2. The number of rotatable bonds is 6. The topological polar surface area (TPSA) is 39.5 Å². The molecule has 0 radical (unpaired) electrons. The lowest BCUT2D eigenvalue weighted by atomic mass is 9.77. The molecule has 0 aliphatic carbocycles. The van der Waals surface area contributed by atoms with Crippen LogP contribution in [0.25, 0.3) is 0 Å². The summed E-state index contributed by atoms with van der Waals surface area (Å²) in [4.78, 5) is 2.39. The van der Waals surface area contributed by atoms with Gasteiger partial charge in [-0.05, 0) is 40.8 Å². The Labute approximate surface area is 134 Å². The fraction of sp³-hybridized carbons (Fsp3) is 0.688. The van der Waals surface area contributed by atoms with Gasteiger partial charge < -0.3 is 14.2 Å². The summed E-state index contributed by atoms with van der Waals surface area (Å²) < 4.78 is 13.9. The summed E-state index contributed by atoms with van der Waals surface area (Å²) in [5.74, 6) is 0.673. The first-order chi connectivity index (χ1) is 10.3. The molecule has 0 saturated carbocycles. The molecule has 2 heterocycles. The molecule has 0 atom stereocenters. The second-order valence-corrected chi connectivity index (χ2v) is 6.34. The summed E-state index contributed by atoms with van der Waals surface area (Å²) in [6.45, 7) is 20.4. The first kappa shape index (κ1) is 17.1. The Hall–Kier alpha value is -1.27. The van der Waals surface area contributed by atoms with Gasteiger partial charge in [0, 0.05) is 17.7 Å². The quantitative estimate of drug-likeness (QED) is 0.752. The highest BCUT2D eigenvalue weighted by atomic mass is 16.7. The van der Waals surface area contributed by atoms with E-state index in [1.807, 2.05) is 20.8 Å². The van der Waals surface area contributed by atoms with Crippen LogP contribution in [0.5, 0.6) is 0 Å². The van der Waals surface area contributed by atoms with Gasteiger partial charge >= 0.3 is 7.12 Å². The Bertz CT molecular complexity index is 550. The van der Waals surface area contributed by atoms with Gasteiger partial charge in [-0.2, -0.15) is 5.10 Å². The van der Waals surface area contributed by atoms with E-state index in [2.05, 4.69) is 42.0 Å². The van der Waals surface area contributed by atoms with Crippen LogP contribution in [0.3, 0.4) is 0 Å². The zero-order chi connectivity index (χ0) is 16.5. The van der Waals surface area contributed by atoms with Gasteiger partial charge in [-0.3, -0.25) is 4.68 Å². The number of hydrogen-bond acceptors (Lipinski definition) is 4. The number of likely N-dealkylation sites (N-methyl/N-ethyl adjacent to an activating group) is 1. The van der Waals surface area contributed by atoms with Crippen molar-refractivity contribution in [3.8, 4) is 0 Å². The smallest absolute Gasteiger partial charge is 0.534 e. The third-order valence-corrected chi connectivity index (χ3v) is 4.52. The minimum atomic E-state index is -0.452. The number of hydrogen-bond donors (Lipinski definition) is 0. The molecule has 1 aromatic heterocycles. The van der Waals surface area contributed by atoms with E-state index in [0.29, 0.717) is 5.76 Å². The molecule has 0 bridgehead atoms. The fourth-order valence-electron chi connectivity index (χ4n) is 2.79. The Morgan fingerprint density at radius 1 is 1.27 bits per heavy atom. The van der Waals surface area contributed by atoms with Crippen LogP contribution in [-0.4, -0.2) is 47.0 Å². The monoisotopic (exact) mass is 305 g/mol. The van der Waals surface area contributed by atoms with E-state index < -0.39 is 12.7 Å². The van der Waals surface area contributed by atoms with E-state index in [-0.39, 0.29) is 0 Å². The zero-order valence-electron chi connectivity index (χ0n) is 14.8. The summed E-state index contributed by atoms with van der Waals surface area (Å²) >= 11 is 0. The lowest BCUT2D eigenvalue weighted by molar-refractivity contribution is 0.173. The van der Waals surface area contributed by atoms with Gasteiger partial charge in [-0.1, -0.05) is 20.4 Å². The molecule has 0 aromatic carbocycles. The summed E-state index contributed by atoms with van der Waals surface area (Å²) in [5, 5.41) is 4.67. The first-order valence-electron chi connectivity index (χ1n) is 8.10. The maximum Gasteiger partial charge on any atom is 0.567 e. The van der Waals surface area contributed by atoms with Crippen molar-refractivity contribution in [3.63, 3.8) is 0 Å². The van der Waals surface area contributed by atoms with Crippen LogP contribution in [0, 0.1) is 13.8 Å². The average molecular weight is 305 g/mol. The van der Waals surface area contributed by atoms with Crippen molar-refractivity contribution in [2.24, 2.45) is 0 Å². The highest BCUT2D eigenvalue weighted by molar-refractivity contribution is 6.63. The maximum absolute atomic E-state index is 6.00. The van der Waals surface area contributed by atoms with Crippen molar-refractivity contribution >= 4 is 12.6 Å². The van der Waals surface area contributed by atoms with Gasteiger partial charge in [0.1, 0.15) is 5.60 Å². The van der Waals surface area contributed by atoms with Gasteiger partial charge in [-0.25, -0.2) is 0 Å². The van der Waals surface area contributed by atoms with Crippen LogP contribution >= 0.6 is 0 Å². The molecule has 122 valence electrons. The van der Waals surface area contributed by atoms with E-state index in [9.17, 15) is 0 Å². The van der Waals surface area contributed by atoms with Crippen molar-refractivity contribution in [1.29, 1.82) is 0 Å². The molecule has 1 aliphatic heterocycles. The van der Waals surface area contributed by atoms with Crippen LogP contribution in [0.2, 0.25) is 0 Å². The van der Waals surface area contributed by atoms with Gasteiger partial charge in [0.25, 0.3) is 0 Å². The van der Waals surface area contributed by atoms with Crippen molar-refractivity contribution in [3.05, 3.63) is 23.7 Å². The third kappa shape index (κ3) is 3.23. The van der Waals surface area contributed by atoms with Gasteiger partial charge in [0.15, 0.2) is 0 Å². The highest BCUT2D eigenvalue weighted by Gasteiger charge is 2.45. The van der Waals surface area contributed by atoms with Gasteiger partial charge in [-0.15, -0.1) is 0 Å². The molecule has 0 amide bonds. The molecule has 1 aromatic rings. The summed E-state index contributed by atoms with van der Waals surface area (Å²) in [5.41, 5.74) is 2.66.